The molecule has 0 aromatic heterocycles. The Morgan fingerprint density at radius 2 is 1.64 bits per heavy atom. The summed E-state index contributed by atoms with van der Waals surface area (Å²) in [5, 5.41) is 22.2. The molecule has 1 amide bonds. The molecule has 3 N–H and O–H groups in total. The number of alkyl halides is 3. The molecule has 0 bridgehead atoms. The van der Waals surface area contributed by atoms with E-state index in [0.29, 0.717) is 11.3 Å². The lowest BCUT2D eigenvalue weighted by Gasteiger charge is -2.34. The van der Waals surface area contributed by atoms with Crippen LogP contribution in [-0.4, -0.2) is 34.6 Å². The predicted octanol–water partition coefficient (Wildman–Crippen LogP) is 5.37. The van der Waals surface area contributed by atoms with Crippen molar-refractivity contribution in [3.63, 3.8) is 0 Å². The zero-order valence-electron chi connectivity index (χ0n) is 19.1. The van der Waals surface area contributed by atoms with Crippen LogP contribution >= 0.6 is 0 Å². The lowest BCUT2D eigenvalue weighted by Crippen LogP contribution is -2.47. The van der Waals surface area contributed by atoms with Crippen molar-refractivity contribution in [3.8, 4) is 11.5 Å². The highest BCUT2D eigenvalue weighted by atomic mass is 19.4. The fraction of sp³-hybridized carbons (Fsp3) is 0.458. The van der Waals surface area contributed by atoms with Crippen LogP contribution in [0.4, 0.5) is 18.0 Å². The Morgan fingerprint density at radius 3 is 2.18 bits per heavy atom. The van der Waals surface area contributed by atoms with E-state index in [0.717, 1.165) is 12.1 Å². The second kappa shape index (κ2) is 10.4. The van der Waals surface area contributed by atoms with Crippen LogP contribution in [0.25, 0.3) is 0 Å². The fourth-order valence-corrected chi connectivity index (χ4v) is 3.26. The quantitative estimate of drug-likeness (QED) is 0.484. The van der Waals surface area contributed by atoms with Gasteiger partial charge in [-0.3, -0.25) is 0 Å². The van der Waals surface area contributed by atoms with E-state index in [1.807, 2.05) is 0 Å². The Balaban J connectivity index is 2.25. The summed E-state index contributed by atoms with van der Waals surface area (Å²) in [6.07, 6.45) is -5.82. The van der Waals surface area contributed by atoms with Gasteiger partial charge in [0, 0.05) is 13.0 Å². The highest BCUT2D eigenvalue weighted by molar-refractivity contribution is 5.69. The number of benzene rings is 2. The zero-order valence-corrected chi connectivity index (χ0v) is 19.1. The summed E-state index contributed by atoms with van der Waals surface area (Å²) in [6.45, 7) is 6.67. The van der Waals surface area contributed by atoms with E-state index in [-0.39, 0.29) is 25.2 Å². The number of rotatable bonds is 8. The number of carbonyl (C=O) groups is 1. The van der Waals surface area contributed by atoms with Crippen molar-refractivity contribution in [1.29, 1.82) is 0 Å². The maximum atomic E-state index is 12.9. The van der Waals surface area contributed by atoms with Gasteiger partial charge in [0.15, 0.2) is 0 Å². The molecule has 0 saturated carbocycles. The number of amides is 1. The molecule has 2 atom stereocenters. The minimum absolute atomic E-state index is 0.0329. The van der Waals surface area contributed by atoms with Gasteiger partial charge in [-0.2, -0.15) is 13.2 Å². The third-order valence-corrected chi connectivity index (χ3v) is 4.77. The number of halogens is 3. The maximum absolute atomic E-state index is 12.9. The summed E-state index contributed by atoms with van der Waals surface area (Å²) in [6, 6.07) is 11.0. The third kappa shape index (κ3) is 8.25. The van der Waals surface area contributed by atoms with E-state index in [4.69, 9.17) is 14.6 Å². The summed E-state index contributed by atoms with van der Waals surface area (Å²) < 4.78 is 49.7. The number of ether oxygens (including phenoxy) is 2. The number of hydrogen-bond acceptors (Lipinski definition) is 5. The Morgan fingerprint density at radius 1 is 1.00 bits per heavy atom. The largest absolute Gasteiger partial charge is 0.457 e. The van der Waals surface area contributed by atoms with Crippen LogP contribution in [0.3, 0.4) is 0 Å². The number of carbonyl (C=O) groups excluding carboxylic acids is 1. The average molecular weight is 470 g/mol. The molecule has 0 radical (unpaired) electrons. The maximum Gasteiger partial charge on any atom is 0.416 e. The summed E-state index contributed by atoms with van der Waals surface area (Å²) in [5.74, 6) is 0.333. The summed E-state index contributed by atoms with van der Waals surface area (Å²) in [5.41, 5.74) is -1.98. The first-order valence-corrected chi connectivity index (χ1v) is 10.5. The Labute approximate surface area is 191 Å². The molecule has 33 heavy (non-hydrogen) atoms. The first-order valence-electron chi connectivity index (χ1n) is 10.5. The van der Waals surface area contributed by atoms with E-state index in [1.165, 1.54) is 12.1 Å². The van der Waals surface area contributed by atoms with Crippen molar-refractivity contribution in [2.24, 2.45) is 0 Å². The van der Waals surface area contributed by atoms with Crippen LogP contribution < -0.4 is 10.1 Å². The molecule has 0 aliphatic carbocycles. The summed E-state index contributed by atoms with van der Waals surface area (Å²) in [7, 11) is 0. The van der Waals surface area contributed by atoms with Gasteiger partial charge >= 0.3 is 12.3 Å². The summed E-state index contributed by atoms with van der Waals surface area (Å²) in [4.78, 5) is 12.4. The van der Waals surface area contributed by atoms with Gasteiger partial charge in [0.25, 0.3) is 0 Å². The van der Waals surface area contributed by atoms with Gasteiger partial charge in [0.1, 0.15) is 17.1 Å². The molecule has 2 unspecified atom stereocenters. The Bertz CT molecular complexity index is 925. The second-order valence-electron chi connectivity index (χ2n) is 8.98. The molecule has 9 heteroatoms. The molecule has 6 nitrogen and oxygen atoms in total. The minimum Gasteiger partial charge on any atom is -0.457 e. The van der Waals surface area contributed by atoms with Crippen molar-refractivity contribution >= 4 is 6.09 Å². The van der Waals surface area contributed by atoms with E-state index >= 15 is 0 Å². The summed E-state index contributed by atoms with van der Waals surface area (Å²) >= 11 is 0. The van der Waals surface area contributed by atoms with Crippen molar-refractivity contribution in [2.75, 3.05) is 6.61 Å². The fourth-order valence-electron chi connectivity index (χ4n) is 3.26. The minimum atomic E-state index is -4.48. The predicted molar refractivity (Wildman–Crippen MR) is 117 cm³/mol. The van der Waals surface area contributed by atoms with E-state index < -0.39 is 35.1 Å². The molecule has 2 rings (SSSR count). The van der Waals surface area contributed by atoms with Gasteiger partial charge in [-0.1, -0.05) is 18.2 Å². The second-order valence-corrected chi connectivity index (χ2v) is 8.98. The molecule has 2 aromatic carbocycles. The van der Waals surface area contributed by atoms with Crippen LogP contribution in [0.1, 0.15) is 51.7 Å². The molecule has 0 fully saturated rings. The highest BCUT2D eigenvalue weighted by Gasteiger charge is 2.33. The molecule has 2 aromatic rings. The van der Waals surface area contributed by atoms with Gasteiger partial charge in [0.05, 0.1) is 17.2 Å². The van der Waals surface area contributed by atoms with Gasteiger partial charge in [-0.05, 0) is 70.0 Å². The van der Waals surface area contributed by atoms with Gasteiger partial charge < -0.3 is 25.0 Å². The van der Waals surface area contributed by atoms with Gasteiger partial charge in [-0.15, -0.1) is 0 Å². The number of hydrogen-bond donors (Lipinski definition) is 3. The monoisotopic (exact) mass is 469 g/mol. The van der Waals surface area contributed by atoms with Gasteiger partial charge in [-0.25, -0.2) is 4.79 Å². The molecule has 0 heterocycles. The zero-order chi connectivity index (χ0) is 24.9. The number of aliphatic hydroxyl groups excluding tert-OH is 2. The van der Waals surface area contributed by atoms with E-state index in [1.54, 1.807) is 52.0 Å². The number of aliphatic hydroxyl groups is 2. The Kier molecular flexibility index (Phi) is 8.37. The third-order valence-electron chi connectivity index (χ3n) is 4.77. The van der Waals surface area contributed by atoms with E-state index in [2.05, 4.69) is 5.32 Å². The SMILES string of the molecule is CC(C)(C)OC(=O)NC(C)(CC(O)CCO)c1ccc(Oc2cccc(C(F)(F)F)c2)cc1. The molecule has 0 saturated heterocycles. The normalized spacial score (nSPS) is 14.8. The average Bonchev–Trinajstić information content (AvgIpc) is 2.66. The lowest BCUT2D eigenvalue weighted by atomic mass is 9.85. The topological polar surface area (TPSA) is 88.0 Å². The number of alkyl carbamates (subject to hydrolysis) is 1. The molecular weight excluding hydrogens is 439 g/mol. The van der Waals surface area contributed by atoms with E-state index in [9.17, 15) is 23.1 Å². The molecule has 182 valence electrons. The van der Waals surface area contributed by atoms with Crippen LogP contribution in [0, 0.1) is 0 Å². The van der Waals surface area contributed by atoms with Crippen molar-refractivity contribution in [2.45, 2.75) is 64.0 Å². The van der Waals surface area contributed by atoms with Crippen LogP contribution in [0.5, 0.6) is 11.5 Å². The molecular formula is C24H30F3NO5. The van der Waals surface area contributed by atoms with Crippen LogP contribution in [-0.2, 0) is 16.5 Å². The standard InChI is InChI=1S/C24H30F3NO5/c1-22(2,3)33-21(31)28-23(4,15-18(30)12-13-29)16-8-10-19(11-9-16)32-20-7-5-6-17(14-20)24(25,26)27/h5-11,14,18,29-30H,12-13,15H2,1-4H3,(H,28,31). The van der Waals surface area contributed by atoms with Crippen LogP contribution in [0.2, 0.25) is 0 Å². The highest BCUT2D eigenvalue weighted by Crippen LogP contribution is 2.34. The Hall–Kier alpha value is -2.78. The molecule has 0 aliphatic heterocycles. The molecule has 0 aliphatic rings. The molecule has 0 spiro atoms. The number of nitrogens with one attached hydrogen (secondary N) is 1. The smallest absolute Gasteiger partial charge is 0.416 e. The van der Waals surface area contributed by atoms with Gasteiger partial charge in [0.2, 0.25) is 0 Å². The van der Waals surface area contributed by atoms with Crippen molar-refractivity contribution in [1.82, 2.24) is 5.32 Å². The lowest BCUT2D eigenvalue weighted by molar-refractivity contribution is -0.137. The first kappa shape index (κ1) is 26.5. The first-order chi connectivity index (χ1) is 15.2. The van der Waals surface area contributed by atoms with Crippen molar-refractivity contribution in [3.05, 3.63) is 59.7 Å². The van der Waals surface area contributed by atoms with Crippen molar-refractivity contribution < 1.29 is 37.7 Å². The van der Waals surface area contributed by atoms with Crippen LogP contribution in [0.15, 0.2) is 48.5 Å².